The molecule has 0 aromatic rings. The van der Waals surface area contributed by atoms with Crippen LogP contribution < -0.4 is 5.32 Å². The van der Waals surface area contributed by atoms with Crippen LogP contribution in [-0.4, -0.2) is 42.3 Å². The predicted octanol–water partition coefficient (Wildman–Crippen LogP) is 1.86. The molecule has 90 valence electrons. The molecular formula is C11H23BrN2O. The molecule has 0 aliphatic heterocycles. The Bertz CT molecular complexity index is 195. The summed E-state index contributed by atoms with van der Waals surface area (Å²) in [6.45, 7) is 7.05. The fourth-order valence-electron chi connectivity index (χ4n) is 1.30. The first kappa shape index (κ1) is 14.9. The van der Waals surface area contributed by atoms with Crippen LogP contribution in [0.2, 0.25) is 0 Å². The standard InChI is InChI=1S/C11H23BrN2O/c1-6-9(7-14(4)5)13-11(15)10(12)8(2)3/h8-10H,6-7H2,1-5H3,(H,13,15). The van der Waals surface area contributed by atoms with Gasteiger partial charge in [0.25, 0.3) is 0 Å². The summed E-state index contributed by atoms with van der Waals surface area (Å²) in [5.74, 6) is 0.417. The second kappa shape index (κ2) is 7.23. The number of nitrogens with zero attached hydrogens (tertiary/aromatic N) is 1. The van der Waals surface area contributed by atoms with Crippen LogP contribution in [0.5, 0.6) is 0 Å². The molecule has 0 aromatic heterocycles. The number of carbonyl (C=O) groups excluding carboxylic acids is 1. The van der Waals surface area contributed by atoms with Crippen molar-refractivity contribution in [3.8, 4) is 0 Å². The Balaban J connectivity index is 4.12. The Kier molecular flexibility index (Phi) is 7.18. The third kappa shape index (κ3) is 6.15. The van der Waals surface area contributed by atoms with E-state index in [1.807, 2.05) is 27.9 Å². The fraction of sp³-hybridized carbons (Fsp3) is 0.909. The van der Waals surface area contributed by atoms with Crippen molar-refractivity contribution in [1.29, 1.82) is 0 Å². The number of amides is 1. The van der Waals surface area contributed by atoms with E-state index in [9.17, 15) is 4.79 Å². The molecule has 0 aliphatic rings. The lowest BCUT2D eigenvalue weighted by Crippen LogP contribution is -2.45. The molecule has 0 fully saturated rings. The molecule has 0 aliphatic carbocycles. The number of hydrogen-bond donors (Lipinski definition) is 1. The molecule has 1 N–H and O–H groups in total. The van der Waals surface area contributed by atoms with Crippen LogP contribution in [0, 0.1) is 5.92 Å². The third-order valence-corrected chi connectivity index (χ3v) is 3.73. The SMILES string of the molecule is CCC(CN(C)C)NC(=O)C(Br)C(C)C. The van der Waals surface area contributed by atoms with Crippen molar-refractivity contribution in [2.45, 2.75) is 38.1 Å². The maximum atomic E-state index is 11.8. The molecule has 0 spiro atoms. The second-order valence-corrected chi connectivity index (χ2v) is 5.51. The smallest absolute Gasteiger partial charge is 0.234 e. The number of hydrogen-bond acceptors (Lipinski definition) is 2. The lowest BCUT2D eigenvalue weighted by atomic mass is 10.1. The summed E-state index contributed by atoms with van der Waals surface area (Å²) in [6, 6.07) is 0.242. The number of rotatable bonds is 6. The summed E-state index contributed by atoms with van der Waals surface area (Å²) in [5.41, 5.74) is 0. The second-order valence-electron chi connectivity index (χ2n) is 4.52. The maximum Gasteiger partial charge on any atom is 0.234 e. The average molecular weight is 279 g/mol. The van der Waals surface area contributed by atoms with Gasteiger partial charge in [-0.25, -0.2) is 0 Å². The summed E-state index contributed by atoms with van der Waals surface area (Å²) in [5, 5.41) is 3.05. The van der Waals surface area contributed by atoms with Crippen molar-refractivity contribution in [3.63, 3.8) is 0 Å². The number of likely N-dealkylation sites (N-methyl/N-ethyl adjacent to an activating group) is 1. The molecule has 0 saturated heterocycles. The minimum absolute atomic E-state index is 0.0892. The highest BCUT2D eigenvalue weighted by Gasteiger charge is 2.20. The molecule has 0 heterocycles. The van der Waals surface area contributed by atoms with E-state index in [2.05, 4.69) is 33.1 Å². The van der Waals surface area contributed by atoms with Crippen molar-refractivity contribution in [2.75, 3.05) is 20.6 Å². The van der Waals surface area contributed by atoms with E-state index in [0.29, 0.717) is 5.92 Å². The fourth-order valence-corrected chi connectivity index (χ4v) is 1.43. The van der Waals surface area contributed by atoms with E-state index in [4.69, 9.17) is 0 Å². The van der Waals surface area contributed by atoms with Gasteiger partial charge in [-0.15, -0.1) is 0 Å². The zero-order valence-electron chi connectivity index (χ0n) is 10.4. The van der Waals surface area contributed by atoms with E-state index < -0.39 is 0 Å². The summed E-state index contributed by atoms with van der Waals surface area (Å²) in [4.78, 5) is 13.8. The summed E-state index contributed by atoms with van der Waals surface area (Å²) >= 11 is 3.41. The van der Waals surface area contributed by atoms with Gasteiger partial charge in [0.1, 0.15) is 0 Å². The first-order chi connectivity index (χ1) is 6.88. The van der Waals surface area contributed by atoms with Crippen molar-refractivity contribution in [1.82, 2.24) is 10.2 Å². The molecule has 0 bridgehead atoms. The van der Waals surface area contributed by atoms with E-state index in [0.717, 1.165) is 13.0 Å². The molecule has 2 unspecified atom stereocenters. The molecule has 2 atom stereocenters. The van der Waals surface area contributed by atoms with Gasteiger partial charge in [0.2, 0.25) is 5.91 Å². The highest BCUT2D eigenvalue weighted by atomic mass is 79.9. The minimum Gasteiger partial charge on any atom is -0.351 e. The summed E-state index contributed by atoms with van der Waals surface area (Å²) < 4.78 is 0. The molecular weight excluding hydrogens is 256 g/mol. The van der Waals surface area contributed by atoms with Gasteiger partial charge in [-0.05, 0) is 26.4 Å². The minimum atomic E-state index is -0.0892. The zero-order chi connectivity index (χ0) is 12.0. The van der Waals surface area contributed by atoms with Crippen molar-refractivity contribution >= 4 is 21.8 Å². The Morgan fingerprint density at radius 2 is 1.93 bits per heavy atom. The topological polar surface area (TPSA) is 32.3 Å². The van der Waals surface area contributed by atoms with Crippen LogP contribution >= 0.6 is 15.9 Å². The Hall–Kier alpha value is -0.0900. The molecule has 0 radical (unpaired) electrons. The normalized spacial score (nSPS) is 15.5. The van der Waals surface area contributed by atoms with E-state index in [1.165, 1.54) is 0 Å². The third-order valence-electron chi connectivity index (χ3n) is 2.26. The van der Waals surface area contributed by atoms with Gasteiger partial charge >= 0.3 is 0 Å². The highest BCUT2D eigenvalue weighted by molar-refractivity contribution is 9.10. The molecule has 15 heavy (non-hydrogen) atoms. The van der Waals surface area contributed by atoms with Gasteiger partial charge in [-0.2, -0.15) is 0 Å². The van der Waals surface area contributed by atoms with Crippen molar-refractivity contribution in [2.24, 2.45) is 5.92 Å². The Labute approximate surface area is 102 Å². The van der Waals surface area contributed by atoms with Crippen LogP contribution in [-0.2, 0) is 4.79 Å². The van der Waals surface area contributed by atoms with Gasteiger partial charge in [-0.3, -0.25) is 4.79 Å². The van der Waals surface area contributed by atoms with Gasteiger partial charge in [0, 0.05) is 12.6 Å². The molecule has 1 amide bonds. The molecule has 0 saturated carbocycles. The van der Waals surface area contributed by atoms with Crippen molar-refractivity contribution in [3.05, 3.63) is 0 Å². The number of nitrogens with one attached hydrogen (secondary N) is 1. The quantitative estimate of drug-likeness (QED) is 0.753. The molecule has 0 aromatic carbocycles. The lowest BCUT2D eigenvalue weighted by Gasteiger charge is -2.23. The van der Waals surface area contributed by atoms with E-state index >= 15 is 0 Å². The highest BCUT2D eigenvalue weighted by Crippen LogP contribution is 2.12. The number of carbonyl (C=O) groups is 1. The molecule has 3 nitrogen and oxygen atoms in total. The lowest BCUT2D eigenvalue weighted by molar-refractivity contribution is -0.121. The zero-order valence-corrected chi connectivity index (χ0v) is 12.0. The van der Waals surface area contributed by atoms with Crippen LogP contribution in [0.15, 0.2) is 0 Å². The van der Waals surface area contributed by atoms with Gasteiger partial charge in [0.05, 0.1) is 4.83 Å². The predicted molar refractivity (Wildman–Crippen MR) is 68.3 cm³/mol. The first-order valence-electron chi connectivity index (χ1n) is 5.47. The summed E-state index contributed by atoms with van der Waals surface area (Å²) in [6.07, 6.45) is 0.960. The maximum absolute atomic E-state index is 11.8. The average Bonchev–Trinajstić information content (AvgIpc) is 2.14. The number of alkyl halides is 1. The van der Waals surface area contributed by atoms with E-state index in [-0.39, 0.29) is 16.8 Å². The van der Waals surface area contributed by atoms with Crippen LogP contribution in [0.4, 0.5) is 0 Å². The first-order valence-corrected chi connectivity index (χ1v) is 6.39. The molecule has 0 rings (SSSR count). The Morgan fingerprint density at radius 3 is 2.27 bits per heavy atom. The van der Waals surface area contributed by atoms with Gasteiger partial charge in [-0.1, -0.05) is 36.7 Å². The van der Waals surface area contributed by atoms with E-state index in [1.54, 1.807) is 0 Å². The van der Waals surface area contributed by atoms with Gasteiger partial charge in [0.15, 0.2) is 0 Å². The number of halogens is 1. The van der Waals surface area contributed by atoms with Crippen molar-refractivity contribution < 1.29 is 4.79 Å². The van der Waals surface area contributed by atoms with Crippen LogP contribution in [0.25, 0.3) is 0 Å². The largest absolute Gasteiger partial charge is 0.351 e. The summed E-state index contributed by atoms with van der Waals surface area (Å²) in [7, 11) is 4.03. The van der Waals surface area contributed by atoms with Crippen LogP contribution in [0.3, 0.4) is 0 Å². The monoisotopic (exact) mass is 278 g/mol. The van der Waals surface area contributed by atoms with Gasteiger partial charge < -0.3 is 10.2 Å². The van der Waals surface area contributed by atoms with Crippen LogP contribution in [0.1, 0.15) is 27.2 Å². The molecule has 4 heteroatoms. The Morgan fingerprint density at radius 1 is 1.40 bits per heavy atom.